The molecule has 0 bridgehead atoms. The molecule has 5 heteroatoms. The van der Waals surface area contributed by atoms with Gasteiger partial charge in [-0.15, -0.1) is 0 Å². The molecule has 0 aliphatic rings. The number of thiazole rings is 1. The van der Waals surface area contributed by atoms with Gasteiger partial charge in [-0.05, 0) is 50.5 Å². The lowest BCUT2D eigenvalue weighted by molar-refractivity contribution is 0.112. The minimum absolute atomic E-state index is 0.691. The molecule has 0 aliphatic carbocycles. The highest BCUT2D eigenvalue weighted by Gasteiger charge is 2.19. The van der Waals surface area contributed by atoms with E-state index in [4.69, 9.17) is 9.72 Å². The molecule has 0 saturated heterocycles. The number of hydrogen-bond acceptors (Lipinski definition) is 5. The van der Waals surface area contributed by atoms with E-state index in [-0.39, 0.29) is 0 Å². The van der Waals surface area contributed by atoms with Crippen molar-refractivity contribution in [2.45, 2.75) is 40.5 Å². The molecule has 0 atom stereocenters. The van der Waals surface area contributed by atoms with Crippen LogP contribution >= 0.6 is 11.3 Å². The Bertz CT molecular complexity index is 686. The first-order chi connectivity index (χ1) is 11.5. The normalized spacial score (nSPS) is 10.7. The van der Waals surface area contributed by atoms with E-state index in [1.807, 2.05) is 26.0 Å². The smallest absolute Gasteiger partial charge is 0.186 e. The van der Waals surface area contributed by atoms with Gasteiger partial charge in [0.05, 0.1) is 17.7 Å². The number of aldehydes is 1. The summed E-state index contributed by atoms with van der Waals surface area (Å²) in [6.45, 7) is 10.2. The molecule has 0 aliphatic heterocycles. The third kappa shape index (κ3) is 3.78. The predicted octanol–water partition coefficient (Wildman–Crippen LogP) is 4.87. The predicted molar refractivity (Wildman–Crippen MR) is 102 cm³/mol. The fourth-order valence-corrected chi connectivity index (χ4v) is 3.84. The standard InChI is InChI=1S/C19H26N2O2S/c1-6-8-9-21(7-2)19-20-18(16(12-22)24-19)17-13(3)10-15(23-5)11-14(17)4/h10-12H,6-9H2,1-5H3. The molecule has 4 nitrogen and oxygen atoms in total. The average molecular weight is 346 g/mol. The lowest BCUT2D eigenvalue weighted by atomic mass is 9.99. The molecule has 1 heterocycles. The van der Waals surface area contributed by atoms with Gasteiger partial charge in [-0.25, -0.2) is 4.98 Å². The molecule has 24 heavy (non-hydrogen) atoms. The molecule has 130 valence electrons. The summed E-state index contributed by atoms with van der Waals surface area (Å²) in [6, 6.07) is 3.98. The summed E-state index contributed by atoms with van der Waals surface area (Å²) in [4.78, 5) is 19.4. The van der Waals surface area contributed by atoms with E-state index in [0.717, 1.165) is 65.5 Å². The van der Waals surface area contributed by atoms with Crippen molar-refractivity contribution in [2.75, 3.05) is 25.1 Å². The van der Waals surface area contributed by atoms with Crippen molar-refractivity contribution >= 4 is 22.8 Å². The highest BCUT2D eigenvalue weighted by atomic mass is 32.1. The molecular weight excluding hydrogens is 320 g/mol. The van der Waals surface area contributed by atoms with Crippen LogP contribution in [0.5, 0.6) is 5.75 Å². The summed E-state index contributed by atoms with van der Waals surface area (Å²) in [5, 5.41) is 0.928. The van der Waals surface area contributed by atoms with Gasteiger partial charge in [0.15, 0.2) is 11.4 Å². The number of anilines is 1. The number of methoxy groups -OCH3 is 1. The zero-order valence-electron chi connectivity index (χ0n) is 15.2. The number of rotatable bonds is 8. The van der Waals surface area contributed by atoms with E-state index < -0.39 is 0 Å². The van der Waals surface area contributed by atoms with Crippen molar-refractivity contribution in [1.29, 1.82) is 0 Å². The molecule has 0 spiro atoms. The molecule has 2 aromatic rings. The van der Waals surface area contributed by atoms with Crippen LogP contribution in [0, 0.1) is 13.8 Å². The van der Waals surface area contributed by atoms with Gasteiger partial charge < -0.3 is 9.64 Å². The number of carbonyl (C=O) groups is 1. The maximum absolute atomic E-state index is 11.6. The molecule has 2 rings (SSSR count). The van der Waals surface area contributed by atoms with E-state index >= 15 is 0 Å². The van der Waals surface area contributed by atoms with Crippen molar-refractivity contribution in [2.24, 2.45) is 0 Å². The van der Waals surface area contributed by atoms with Gasteiger partial charge in [-0.2, -0.15) is 0 Å². The highest BCUT2D eigenvalue weighted by molar-refractivity contribution is 7.17. The Balaban J connectivity index is 2.50. The maximum atomic E-state index is 11.6. The van der Waals surface area contributed by atoms with Gasteiger partial charge in [0.1, 0.15) is 5.75 Å². The Morgan fingerprint density at radius 3 is 2.42 bits per heavy atom. The van der Waals surface area contributed by atoms with Crippen LogP contribution in [0.3, 0.4) is 0 Å². The van der Waals surface area contributed by atoms with Crippen LogP contribution in [-0.2, 0) is 0 Å². The fourth-order valence-electron chi connectivity index (χ4n) is 2.87. The van der Waals surface area contributed by atoms with Crippen molar-refractivity contribution in [3.05, 3.63) is 28.1 Å². The summed E-state index contributed by atoms with van der Waals surface area (Å²) in [6.07, 6.45) is 3.19. The molecule has 0 amide bonds. The zero-order valence-corrected chi connectivity index (χ0v) is 16.0. The third-order valence-electron chi connectivity index (χ3n) is 4.16. The molecule has 0 unspecified atom stereocenters. The van der Waals surface area contributed by atoms with Crippen molar-refractivity contribution < 1.29 is 9.53 Å². The summed E-state index contributed by atoms with van der Waals surface area (Å²) in [5.41, 5.74) is 3.97. The summed E-state index contributed by atoms with van der Waals surface area (Å²) < 4.78 is 5.33. The quantitative estimate of drug-likeness (QED) is 0.639. The Labute approximate surface area is 148 Å². The first kappa shape index (κ1) is 18.5. The third-order valence-corrected chi connectivity index (χ3v) is 5.20. The van der Waals surface area contributed by atoms with E-state index in [0.29, 0.717) is 4.88 Å². The Morgan fingerprint density at radius 1 is 1.25 bits per heavy atom. The number of carbonyl (C=O) groups excluding carboxylic acids is 1. The Morgan fingerprint density at radius 2 is 1.92 bits per heavy atom. The average Bonchev–Trinajstić information content (AvgIpc) is 2.98. The van der Waals surface area contributed by atoms with Gasteiger partial charge >= 0.3 is 0 Å². The van der Waals surface area contributed by atoms with Gasteiger partial charge in [0.25, 0.3) is 0 Å². The molecule has 0 saturated carbocycles. The first-order valence-electron chi connectivity index (χ1n) is 8.42. The number of aromatic nitrogens is 1. The summed E-state index contributed by atoms with van der Waals surface area (Å²) >= 11 is 1.48. The number of ether oxygens (including phenoxy) is 1. The van der Waals surface area contributed by atoms with Crippen molar-refractivity contribution in [1.82, 2.24) is 4.98 Å². The van der Waals surface area contributed by atoms with Crippen LogP contribution in [0.15, 0.2) is 12.1 Å². The minimum Gasteiger partial charge on any atom is -0.497 e. The van der Waals surface area contributed by atoms with Crippen LogP contribution in [-0.4, -0.2) is 31.5 Å². The van der Waals surface area contributed by atoms with Crippen LogP contribution in [0.25, 0.3) is 11.3 Å². The van der Waals surface area contributed by atoms with Crippen LogP contribution in [0.2, 0.25) is 0 Å². The van der Waals surface area contributed by atoms with Crippen LogP contribution in [0.1, 0.15) is 47.5 Å². The second-order valence-electron chi connectivity index (χ2n) is 5.90. The lowest BCUT2D eigenvalue weighted by Gasteiger charge is -2.19. The first-order valence-corrected chi connectivity index (χ1v) is 9.23. The SMILES string of the molecule is CCCCN(CC)c1nc(-c2c(C)cc(OC)cc2C)c(C=O)s1. The Hall–Kier alpha value is -1.88. The van der Waals surface area contributed by atoms with Crippen molar-refractivity contribution in [3.63, 3.8) is 0 Å². The van der Waals surface area contributed by atoms with E-state index in [2.05, 4.69) is 18.7 Å². The van der Waals surface area contributed by atoms with E-state index in [1.54, 1.807) is 7.11 Å². The maximum Gasteiger partial charge on any atom is 0.186 e. The molecular formula is C19H26N2O2S. The second-order valence-corrected chi connectivity index (χ2v) is 6.91. The molecule has 0 fully saturated rings. The number of aryl methyl sites for hydroxylation is 2. The van der Waals surface area contributed by atoms with Gasteiger partial charge in [-0.1, -0.05) is 24.7 Å². The number of unbranched alkanes of at least 4 members (excludes halogenated alkanes) is 1. The monoisotopic (exact) mass is 346 g/mol. The van der Waals surface area contributed by atoms with E-state index in [1.165, 1.54) is 11.3 Å². The Kier molecular flexibility index (Phi) is 6.37. The topological polar surface area (TPSA) is 42.4 Å². The molecule has 1 aromatic carbocycles. The molecule has 0 radical (unpaired) electrons. The van der Waals surface area contributed by atoms with Gasteiger partial charge in [0.2, 0.25) is 0 Å². The number of benzene rings is 1. The van der Waals surface area contributed by atoms with Crippen LogP contribution in [0.4, 0.5) is 5.13 Å². The highest BCUT2D eigenvalue weighted by Crippen LogP contribution is 2.37. The summed E-state index contributed by atoms with van der Waals surface area (Å²) in [7, 11) is 1.67. The minimum atomic E-state index is 0.691. The second kappa shape index (κ2) is 8.29. The van der Waals surface area contributed by atoms with Gasteiger partial charge in [0, 0.05) is 18.7 Å². The number of nitrogens with zero attached hydrogens (tertiary/aromatic N) is 2. The van der Waals surface area contributed by atoms with Crippen molar-refractivity contribution in [3.8, 4) is 17.0 Å². The van der Waals surface area contributed by atoms with E-state index in [9.17, 15) is 4.79 Å². The van der Waals surface area contributed by atoms with Gasteiger partial charge in [-0.3, -0.25) is 4.79 Å². The fraction of sp³-hybridized carbons (Fsp3) is 0.474. The largest absolute Gasteiger partial charge is 0.497 e. The zero-order chi connectivity index (χ0) is 17.7. The van der Waals surface area contributed by atoms with Crippen LogP contribution < -0.4 is 9.64 Å². The lowest BCUT2D eigenvalue weighted by Crippen LogP contribution is -2.23. The molecule has 0 N–H and O–H groups in total. The molecule has 1 aromatic heterocycles. The number of hydrogen-bond donors (Lipinski definition) is 0. The summed E-state index contributed by atoms with van der Waals surface area (Å²) in [5.74, 6) is 0.829.